The van der Waals surface area contributed by atoms with E-state index in [9.17, 15) is 9.18 Å². The molecule has 0 aromatic heterocycles. The van der Waals surface area contributed by atoms with E-state index in [2.05, 4.69) is 4.90 Å². The summed E-state index contributed by atoms with van der Waals surface area (Å²) in [5, 5.41) is 9.00. The van der Waals surface area contributed by atoms with Gasteiger partial charge in [0, 0.05) is 12.1 Å². The van der Waals surface area contributed by atoms with Gasteiger partial charge in [-0.1, -0.05) is 19.3 Å². The molecule has 1 fully saturated rings. The van der Waals surface area contributed by atoms with Crippen molar-refractivity contribution in [3.63, 3.8) is 0 Å². The predicted molar refractivity (Wildman–Crippen MR) is 61.3 cm³/mol. The Morgan fingerprint density at radius 1 is 1.38 bits per heavy atom. The summed E-state index contributed by atoms with van der Waals surface area (Å²) in [6.07, 6.45) is 5.93. The number of halogens is 1. The summed E-state index contributed by atoms with van der Waals surface area (Å²) >= 11 is 0. The summed E-state index contributed by atoms with van der Waals surface area (Å²) in [5.74, 6) is -0.742. The Morgan fingerprint density at radius 2 is 2.00 bits per heavy atom. The highest BCUT2D eigenvalue weighted by molar-refractivity contribution is 5.68. The van der Waals surface area contributed by atoms with Crippen LogP contribution in [0.1, 0.15) is 44.9 Å². The molecule has 0 aliphatic heterocycles. The van der Waals surface area contributed by atoms with Crippen molar-refractivity contribution in [3.05, 3.63) is 0 Å². The zero-order valence-corrected chi connectivity index (χ0v) is 10.0. The molecule has 1 saturated carbocycles. The minimum Gasteiger partial charge on any atom is -0.481 e. The van der Waals surface area contributed by atoms with Crippen LogP contribution in [0, 0.1) is 0 Å². The van der Waals surface area contributed by atoms with Gasteiger partial charge < -0.3 is 10.0 Å². The number of hydrogen-bond donors (Lipinski definition) is 1. The quantitative estimate of drug-likeness (QED) is 0.763. The lowest BCUT2D eigenvalue weighted by Crippen LogP contribution is -2.49. The number of carboxylic acids is 1. The van der Waals surface area contributed by atoms with Crippen LogP contribution in [0.25, 0.3) is 0 Å². The van der Waals surface area contributed by atoms with E-state index in [1.165, 1.54) is 6.42 Å². The molecule has 0 spiro atoms. The second kappa shape index (κ2) is 6.18. The first-order chi connectivity index (χ1) is 7.60. The number of carboxylic acid groups (broad SMARTS) is 1. The van der Waals surface area contributed by atoms with Gasteiger partial charge in [0.25, 0.3) is 0 Å². The fourth-order valence-electron chi connectivity index (χ4n) is 2.72. The van der Waals surface area contributed by atoms with Crippen LogP contribution < -0.4 is 0 Å². The Morgan fingerprint density at radius 3 is 2.50 bits per heavy atom. The Hall–Kier alpha value is -0.640. The van der Waals surface area contributed by atoms with Crippen molar-refractivity contribution in [2.24, 2.45) is 0 Å². The van der Waals surface area contributed by atoms with Gasteiger partial charge in [0.2, 0.25) is 0 Å². The van der Waals surface area contributed by atoms with Crippen molar-refractivity contribution in [2.75, 3.05) is 20.3 Å². The number of nitrogens with zero attached hydrogens (tertiary/aromatic N) is 1. The predicted octanol–water partition coefficient (Wildman–Crippen LogP) is 2.46. The third kappa shape index (κ3) is 3.44. The van der Waals surface area contributed by atoms with E-state index >= 15 is 0 Å². The molecule has 3 nitrogen and oxygen atoms in total. The van der Waals surface area contributed by atoms with Crippen molar-refractivity contribution in [3.8, 4) is 0 Å². The van der Waals surface area contributed by atoms with Crippen LogP contribution in [0.3, 0.4) is 0 Å². The standard InChI is InChI=1S/C12H22FNO2/c1-14(9-5-8-13)12(10-11(15)16)6-3-2-4-7-12/h2-10H2,1H3,(H,15,16). The minimum absolute atomic E-state index is 0.190. The van der Waals surface area contributed by atoms with Crippen LogP contribution in [-0.2, 0) is 4.79 Å². The molecular formula is C12H22FNO2. The number of hydrogen-bond acceptors (Lipinski definition) is 2. The fraction of sp³-hybridized carbons (Fsp3) is 0.917. The monoisotopic (exact) mass is 231 g/mol. The van der Waals surface area contributed by atoms with Crippen LogP contribution in [0.2, 0.25) is 0 Å². The highest BCUT2D eigenvalue weighted by Crippen LogP contribution is 2.35. The third-order valence-corrected chi connectivity index (χ3v) is 3.70. The molecule has 1 aliphatic rings. The lowest BCUT2D eigenvalue weighted by Gasteiger charge is -2.44. The van der Waals surface area contributed by atoms with Gasteiger partial charge in [-0.25, -0.2) is 0 Å². The molecular weight excluding hydrogens is 209 g/mol. The van der Waals surface area contributed by atoms with Gasteiger partial charge in [0.1, 0.15) is 0 Å². The van der Waals surface area contributed by atoms with E-state index in [1.54, 1.807) is 0 Å². The molecule has 0 saturated heterocycles. The summed E-state index contributed by atoms with van der Waals surface area (Å²) in [5.41, 5.74) is -0.223. The van der Waals surface area contributed by atoms with Crippen molar-refractivity contribution >= 4 is 5.97 Å². The molecule has 16 heavy (non-hydrogen) atoms. The molecule has 0 aromatic rings. The summed E-state index contributed by atoms with van der Waals surface area (Å²) in [6, 6.07) is 0. The number of alkyl halides is 1. The average Bonchev–Trinajstić information content (AvgIpc) is 2.26. The number of aliphatic carboxylic acids is 1. The highest BCUT2D eigenvalue weighted by atomic mass is 19.1. The van der Waals surface area contributed by atoms with Gasteiger partial charge in [-0.2, -0.15) is 0 Å². The Kier molecular flexibility index (Phi) is 5.19. The average molecular weight is 231 g/mol. The molecule has 0 unspecified atom stereocenters. The zero-order chi connectivity index (χ0) is 12.0. The molecule has 0 amide bonds. The first-order valence-electron chi connectivity index (χ1n) is 6.10. The van der Waals surface area contributed by atoms with E-state index in [1.807, 2.05) is 7.05 Å². The van der Waals surface area contributed by atoms with Gasteiger partial charge in [0.05, 0.1) is 13.1 Å². The Labute approximate surface area is 96.6 Å². The summed E-state index contributed by atoms with van der Waals surface area (Å²) < 4.78 is 12.2. The Balaban J connectivity index is 2.64. The maximum absolute atomic E-state index is 12.2. The van der Waals surface area contributed by atoms with Crippen LogP contribution in [0.5, 0.6) is 0 Å². The maximum atomic E-state index is 12.2. The molecule has 94 valence electrons. The molecule has 4 heteroatoms. The summed E-state index contributed by atoms with van der Waals surface area (Å²) in [7, 11) is 1.93. The molecule has 0 radical (unpaired) electrons. The second-order valence-corrected chi connectivity index (χ2v) is 4.82. The second-order valence-electron chi connectivity index (χ2n) is 4.82. The lowest BCUT2D eigenvalue weighted by molar-refractivity contribution is -0.141. The SMILES string of the molecule is CN(CCCF)C1(CC(=O)O)CCCCC1. The third-order valence-electron chi connectivity index (χ3n) is 3.70. The van der Waals surface area contributed by atoms with Crippen molar-refractivity contribution in [2.45, 2.75) is 50.5 Å². The normalized spacial score (nSPS) is 19.9. The van der Waals surface area contributed by atoms with Crippen molar-refractivity contribution < 1.29 is 14.3 Å². The molecule has 0 heterocycles. The van der Waals surface area contributed by atoms with Gasteiger partial charge in [-0.3, -0.25) is 9.18 Å². The van der Waals surface area contributed by atoms with Gasteiger partial charge in [-0.15, -0.1) is 0 Å². The first kappa shape index (κ1) is 13.4. The highest BCUT2D eigenvalue weighted by Gasteiger charge is 2.37. The lowest BCUT2D eigenvalue weighted by atomic mass is 9.78. The number of rotatable bonds is 6. The molecule has 0 bridgehead atoms. The van der Waals surface area contributed by atoms with E-state index in [4.69, 9.17) is 5.11 Å². The molecule has 0 aromatic carbocycles. The molecule has 1 rings (SSSR count). The van der Waals surface area contributed by atoms with E-state index in [0.29, 0.717) is 13.0 Å². The smallest absolute Gasteiger partial charge is 0.305 e. The molecule has 0 atom stereocenters. The van der Waals surface area contributed by atoms with Crippen LogP contribution in [-0.4, -0.2) is 41.8 Å². The topological polar surface area (TPSA) is 40.5 Å². The summed E-state index contributed by atoms with van der Waals surface area (Å²) in [6.45, 7) is 0.331. The van der Waals surface area contributed by atoms with Crippen molar-refractivity contribution in [1.82, 2.24) is 4.90 Å². The zero-order valence-electron chi connectivity index (χ0n) is 10.0. The fourth-order valence-corrected chi connectivity index (χ4v) is 2.72. The Bertz CT molecular complexity index is 227. The van der Waals surface area contributed by atoms with E-state index in [-0.39, 0.29) is 18.6 Å². The van der Waals surface area contributed by atoms with Gasteiger partial charge in [0.15, 0.2) is 0 Å². The maximum Gasteiger partial charge on any atom is 0.305 e. The van der Waals surface area contributed by atoms with Crippen molar-refractivity contribution in [1.29, 1.82) is 0 Å². The van der Waals surface area contributed by atoms with Crippen LogP contribution in [0.4, 0.5) is 4.39 Å². The van der Waals surface area contributed by atoms with Crippen LogP contribution >= 0.6 is 0 Å². The van der Waals surface area contributed by atoms with Gasteiger partial charge in [-0.05, 0) is 26.3 Å². The molecule has 1 N–H and O–H groups in total. The van der Waals surface area contributed by atoms with Crippen LogP contribution in [0.15, 0.2) is 0 Å². The first-order valence-corrected chi connectivity index (χ1v) is 6.10. The van der Waals surface area contributed by atoms with E-state index < -0.39 is 5.97 Å². The molecule has 1 aliphatic carbocycles. The largest absolute Gasteiger partial charge is 0.481 e. The minimum atomic E-state index is -0.742. The van der Waals surface area contributed by atoms with Gasteiger partial charge >= 0.3 is 5.97 Å². The summed E-state index contributed by atoms with van der Waals surface area (Å²) in [4.78, 5) is 13.0. The number of carbonyl (C=O) groups is 1. The van der Waals surface area contributed by atoms with E-state index in [0.717, 1.165) is 25.7 Å².